The minimum atomic E-state index is 0.0517. The molecule has 6 aromatic heterocycles. The highest BCUT2D eigenvalue weighted by molar-refractivity contribution is 5.87. The van der Waals surface area contributed by atoms with Crippen LogP contribution in [0.1, 0.15) is 48.9 Å². The van der Waals surface area contributed by atoms with Gasteiger partial charge in [-0.1, -0.05) is 6.58 Å². The standard InChI is InChI=1S/2C20H22N6O/c1-24-10-17(9-22-24)18-13-26-19(3-4-21-26)20(23-18)14-7-15-11-25(5-2-6-27)12-16(15)8-14;1-3-19(27)25-10-14-6-13(7-15(14)11-25)20-18-4-5-21-26(18)12-17(23-20)16-8-22-24(2)9-16/h2-6,9-10,13-16H,7-8,11-12H2,1H3;3-5,8-9,12-15H,1,6-7,10-11H2,2H3/t14?,15-,16+;13?,14-,15+. The molecule has 2 aliphatic carbocycles. The molecule has 14 nitrogen and oxygen atoms in total. The van der Waals surface area contributed by atoms with Gasteiger partial charge < -0.3 is 9.80 Å². The molecule has 1 amide bonds. The molecule has 8 heterocycles. The van der Waals surface area contributed by atoms with E-state index in [9.17, 15) is 9.59 Å². The maximum absolute atomic E-state index is 11.9. The zero-order valence-electron chi connectivity index (χ0n) is 30.6. The number of hydrogen-bond acceptors (Lipinski definition) is 9. The number of carbonyl (C=O) groups excluding carboxylic acids is 2. The monoisotopic (exact) mass is 724 g/mol. The lowest BCUT2D eigenvalue weighted by Crippen LogP contribution is -2.28. The second kappa shape index (κ2) is 13.8. The number of amides is 1. The van der Waals surface area contributed by atoms with Crippen LogP contribution in [0.4, 0.5) is 0 Å². The van der Waals surface area contributed by atoms with Crippen LogP contribution in [0.3, 0.4) is 0 Å². The van der Waals surface area contributed by atoms with E-state index in [0.29, 0.717) is 35.5 Å². The molecule has 0 bridgehead atoms. The van der Waals surface area contributed by atoms with E-state index in [1.54, 1.807) is 15.4 Å². The third kappa shape index (κ3) is 6.28. The van der Waals surface area contributed by atoms with Crippen molar-refractivity contribution >= 4 is 23.2 Å². The van der Waals surface area contributed by atoms with E-state index < -0.39 is 0 Å². The molecular formula is C40H44N12O2. The molecule has 4 fully saturated rings. The average Bonchev–Trinajstić information content (AvgIpc) is 4.01. The number of allylic oxidation sites excluding steroid dienone is 1. The lowest BCUT2D eigenvalue weighted by Gasteiger charge is -2.18. The molecule has 0 spiro atoms. The normalized spacial score (nSPS) is 24.7. The summed E-state index contributed by atoms with van der Waals surface area (Å²) in [5.41, 5.74) is 8.27. The highest BCUT2D eigenvalue weighted by Gasteiger charge is 2.44. The van der Waals surface area contributed by atoms with Crippen molar-refractivity contribution in [3.63, 3.8) is 0 Å². The SMILES string of the molecule is C=CC(=O)N1C[C@H]2CC(c3nc(-c4cnn(C)c4)cn4nccc34)C[C@H]2C1.Cn1cc(-c2cn3nccc3c(C3C[C@@H]4CN(C=CC=O)C[C@@H]4C3)n2)cn1. The number of likely N-dealkylation sites (tertiary alicyclic amines) is 2. The fourth-order valence-electron chi connectivity index (χ4n) is 9.56. The molecule has 14 heteroatoms. The maximum Gasteiger partial charge on any atom is 0.245 e. The van der Waals surface area contributed by atoms with Gasteiger partial charge in [-0.15, -0.1) is 0 Å². The Morgan fingerprint density at radius 1 is 0.704 bits per heavy atom. The first-order valence-electron chi connectivity index (χ1n) is 18.8. The van der Waals surface area contributed by atoms with Crippen molar-refractivity contribution in [3.8, 4) is 22.5 Å². The van der Waals surface area contributed by atoms with Crippen LogP contribution in [0.2, 0.25) is 0 Å². The minimum Gasteiger partial charge on any atom is -0.377 e. The van der Waals surface area contributed by atoms with Gasteiger partial charge in [-0.05, 0) is 73.6 Å². The van der Waals surface area contributed by atoms with Crippen LogP contribution in [0, 0.1) is 23.7 Å². The summed E-state index contributed by atoms with van der Waals surface area (Å²) in [4.78, 5) is 36.8. The fourth-order valence-corrected chi connectivity index (χ4v) is 9.56. The molecule has 0 aromatic carbocycles. The van der Waals surface area contributed by atoms with Gasteiger partial charge in [0.25, 0.3) is 0 Å². The van der Waals surface area contributed by atoms with Gasteiger partial charge >= 0.3 is 0 Å². The number of nitrogens with zero attached hydrogens (tertiary/aromatic N) is 12. The van der Waals surface area contributed by atoms with Crippen LogP contribution in [0.15, 0.2) is 86.6 Å². The summed E-state index contributed by atoms with van der Waals surface area (Å²) in [5.74, 6) is 3.33. The van der Waals surface area contributed by atoms with E-state index in [1.807, 2.05) is 89.9 Å². The van der Waals surface area contributed by atoms with E-state index in [-0.39, 0.29) is 5.91 Å². The smallest absolute Gasteiger partial charge is 0.245 e. The zero-order valence-corrected chi connectivity index (χ0v) is 30.6. The molecule has 0 radical (unpaired) electrons. The van der Waals surface area contributed by atoms with Gasteiger partial charge in [-0.25, -0.2) is 19.0 Å². The number of aldehydes is 1. The molecule has 2 saturated heterocycles. The first-order chi connectivity index (χ1) is 26.3. The van der Waals surface area contributed by atoms with Gasteiger partial charge in [0, 0.05) is 81.8 Å². The number of fused-ring (bicyclic) bond motifs is 4. The van der Waals surface area contributed by atoms with Crippen LogP contribution in [-0.2, 0) is 23.7 Å². The number of rotatable bonds is 7. The third-order valence-corrected chi connectivity index (χ3v) is 12.0. The quantitative estimate of drug-likeness (QED) is 0.172. The van der Waals surface area contributed by atoms with Crippen LogP contribution in [0.5, 0.6) is 0 Å². The van der Waals surface area contributed by atoms with Crippen molar-refractivity contribution in [2.45, 2.75) is 37.5 Å². The summed E-state index contributed by atoms with van der Waals surface area (Å²) >= 11 is 0. The van der Waals surface area contributed by atoms with E-state index in [2.05, 4.69) is 37.9 Å². The molecule has 6 aromatic rings. The maximum atomic E-state index is 11.9. The Morgan fingerprint density at radius 2 is 1.19 bits per heavy atom. The summed E-state index contributed by atoms with van der Waals surface area (Å²) < 4.78 is 7.45. The highest BCUT2D eigenvalue weighted by Crippen LogP contribution is 2.48. The summed E-state index contributed by atoms with van der Waals surface area (Å²) in [6.07, 6.45) is 25.5. The van der Waals surface area contributed by atoms with Gasteiger partial charge in [0.2, 0.25) is 5.91 Å². The van der Waals surface area contributed by atoms with Crippen molar-refractivity contribution < 1.29 is 9.59 Å². The summed E-state index contributed by atoms with van der Waals surface area (Å²) in [5, 5.41) is 17.5. The Hall–Kier alpha value is -5.92. The molecule has 54 heavy (non-hydrogen) atoms. The van der Waals surface area contributed by atoms with Gasteiger partial charge in [-0.3, -0.25) is 19.0 Å². The predicted molar refractivity (Wildman–Crippen MR) is 202 cm³/mol. The summed E-state index contributed by atoms with van der Waals surface area (Å²) in [6, 6.07) is 4.10. The van der Waals surface area contributed by atoms with Gasteiger partial charge in [-0.2, -0.15) is 20.4 Å². The summed E-state index contributed by atoms with van der Waals surface area (Å²) in [6.45, 7) is 7.35. The van der Waals surface area contributed by atoms with Crippen molar-refractivity contribution in [1.82, 2.24) is 58.6 Å². The van der Waals surface area contributed by atoms with E-state index in [1.165, 1.54) is 6.08 Å². The Labute approximate surface area is 312 Å². The fraction of sp³-hybridized carbons (Fsp3) is 0.400. The second-order valence-electron chi connectivity index (χ2n) is 15.4. The number of hydrogen-bond donors (Lipinski definition) is 0. The minimum absolute atomic E-state index is 0.0517. The van der Waals surface area contributed by atoms with Crippen LogP contribution in [0.25, 0.3) is 33.5 Å². The van der Waals surface area contributed by atoms with Gasteiger partial charge in [0.05, 0.1) is 71.0 Å². The van der Waals surface area contributed by atoms with E-state index in [4.69, 9.17) is 9.97 Å². The lowest BCUT2D eigenvalue weighted by molar-refractivity contribution is -0.125. The van der Waals surface area contributed by atoms with Crippen LogP contribution in [-0.4, -0.2) is 96.9 Å². The molecule has 2 aliphatic heterocycles. The summed E-state index contributed by atoms with van der Waals surface area (Å²) in [7, 11) is 3.82. The van der Waals surface area contributed by atoms with Gasteiger partial charge in [0.15, 0.2) is 0 Å². The third-order valence-electron chi connectivity index (χ3n) is 12.0. The van der Waals surface area contributed by atoms with Gasteiger partial charge in [0.1, 0.15) is 6.29 Å². The van der Waals surface area contributed by atoms with Crippen molar-refractivity contribution in [3.05, 3.63) is 98.0 Å². The molecule has 6 atom stereocenters. The van der Waals surface area contributed by atoms with Crippen LogP contribution < -0.4 is 0 Å². The van der Waals surface area contributed by atoms with Crippen molar-refractivity contribution in [1.29, 1.82) is 0 Å². The Balaban J connectivity index is 0.000000142. The predicted octanol–water partition coefficient (Wildman–Crippen LogP) is 4.54. The molecule has 2 unspecified atom stereocenters. The molecule has 4 aliphatic rings. The average molecular weight is 725 g/mol. The van der Waals surface area contributed by atoms with E-state index in [0.717, 1.165) is 103 Å². The number of aromatic nitrogens is 10. The molecule has 276 valence electrons. The van der Waals surface area contributed by atoms with Crippen molar-refractivity contribution in [2.75, 3.05) is 26.2 Å². The first kappa shape index (κ1) is 33.9. The second-order valence-corrected chi connectivity index (χ2v) is 15.4. The Morgan fingerprint density at radius 3 is 1.61 bits per heavy atom. The number of carbonyl (C=O) groups is 2. The van der Waals surface area contributed by atoms with E-state index >= 15 is 0 Å². The molecule has 2 saturated carbocycles. The Kier molecular flexibility index (Phi) is 8.67. The number of aryl methyl sites for hydroxylation is 2. The van der Waals surface area contributed by atoms with Crippen LogP contribution >= 0.6 is 0 Å². The Bertz CT molecular complexity index is 2360. The topological polar surface area (TPSA) is 137 Å². The molecule has 10 rings (SSSR count). The zero-order chi connectivity index (χ0) is 36.9. The lowest BCUT2D eigenvalue weighted by atomic mass is 10.00. The first-order valence-corrected chi connectivity index (χ1v) is 18.8. The highest BCUT2D eigenvalue weighted by atomic mass is 16.2. The molecule has 0 N–H and O–H groups in total. The largest absolute Gasteiger partial charge is 0.377 e. The van der Waals surface area contributed by atoms with Crippen molar-refractivity contribution in [2.24, 2.45) is 37.8 Å². The molecular weight excluding hydrogens is 681 g/mol.